The van der Waals surface area contributed by atoms with Gasteiger partial charge < -0.3 is 10.0 Å². The predicted molar refractivity (Wildman–Crippen MR) is 96.2 cm³/mol. The average molecular weight is 338 g/mol. The van der Waals surface area contributed by atoms with Crippen LogP contribution >= 0.6 is 11.3 Å². The first-order valence-electron chi connectivity index (χ1n) is 8.13. The van der Waals surface area contributed by atoms with E-state index >= 15 is 0 Å². The van der Waals surface area contributed by atoms with Gasteiger partial charge in [-0.1, -0.05) is 30.3 Å². The SMILES string of the molecule is O=C(c1cc(-c2ccccc2)nc2ccsc12)N1CCCC1CO. The zero-order chi connectivity index (χ0) is 16.5. The number of aliphatic hydroxyl groups excluding tert-OH is 1. The quantitative estimate of drug-likeness (QED) is 0.794. The maximum absolute atomic E-state index is 13.1. The lowest BCUT2D eigenvalue weighted by atomic mass is 10.1. The molecular formula is C19H18N2O2S. The second kappa shape index (κ2) is 6.34. The molecule has 1 aliphatic heterocycles. The minimum absolute atomic E-state index is 0.00131. The van der Waals surface area contributed by atoms with E-state index < -0.39 is 0 Å². The van der Waals surface area contributed by atoms with Gasteiger partial charge in [-0.3, -0.25) is 4.79 Å². The van der Waals surface area contributed by atoms with Gasteiger partial charge >= 0.3 is 0 Å². The van der Waals surface area contributed by atoms with Crippen molar-refractivity contribution in [2.24, 2.45) is 0 Å². The molecule has 0 spiro atoms. The highest BCUT2D eigenvalue weighted by Crippen LogP contribution is 2.31. The molecule has 1 aliphatic rings. The Morgan fingerprint density at radius 1 is 1.29 bits per heavy atom. The molecule has 1 aromatic carbocycles. The van der Waals surface area contributed by atoms with Crippen molar-refractivity contribution in [1.82, 2.24) is 9.88 Å². The van der Waals surface area contributed by atoms with Gasteiger partial charge in [-0.05, 0) is 30.4 Å². The van der Waals surface area contributed by atoms with Crippen molar-refractivity contribution in [3.05, 3.63) is 53.4 Å². The van der Waals surface area contributed by atoms with E-state index in [2.05, 4.69) is 0 Å². The summed E-state index contributed by atoms with van der Waals surface area (Å²) in [7, 11) is 0. The van der Waals surface area contributed by atoms with Gasteiger partial charge in [-0.25, -0.2) is 4.98 Å². The fraction of sp³-hybridized carbons (Fsp3) is 0.263. The minimum Gasteiger partial charge on any atom is -0.394 e. The summed E-state index contributed by atoms with van der Waals surface area (Å²) >= 11 is 1.54. The van der Waals surface area contributed by atoms with Crippen molar-refractivity contribution in [2.45, 2.75) is 18.9 Å². The van der Waals surface area contributed by atoms with Gasteiger partial charge in [-0.15, -0.1) is 11.3 Å². The number of likely N-dealkylation sites (tertiary alicyclic amines) is 1. The zero-order valence-corrected chi connectivity index (χ0v) is 14.0. The number of benzene rings is 1. The van der Waals surface area contributed by atoms with Crippen molar-refractivity contribution in [1.29, 1.82) is 0 Å². The number of hydrogen-bond donors (Lipinski definition) is 1. The maximum Gasteiger partial charge on any atom is 0.255 e. The third-order valence-corrected chi connectivity index (χ3v) is 5.50. The fourth-order valence-corrected chi connectivity index (χ4v) is 4.16. The van der Waals surface area contributed by atoms with Gasteiger partial charge in [0.25, 0.3) is 5.91 Å². The molecule has 1 unspecified atom stereocenters. The molecular weight excluding hydrogens is 320 g/mol. The van der Waals surface area contributed by atoms with E-state index in [4.69, 9.17) is 4.98 Å². The normalized spacial score (nSPS) is 17.5. The number of fused-ring (bicyclic) bond motifs is 1. The van der Waals surface area contributed by atoms with Crippen LogP contribution in [-0.2, 0) is 0 Å². The molecule has 3 aromatic rings. The Labute approximate surface area is 144 Å². The number of aromatic nitrogens is 1. The molecule has 0 radical (unpaired) electrons. The summed E-state index contributed by atoms with van der Waals surface area (Å²) in [6, 6.07) is 13.7. The van der Waals surface area contributed by atoms with E-state index in [1.165, 1.54) is 0 Å². The molecule has 2 aromatic heterocycles. The van der Waals surface area contributed by atoms with Crippen molar-refractivity contribution in [3.63, 3.8) is 0 Å². The largest absolute Gasteiger partial charge is 0.394 e. The van der Waals surface area contributed by atoms with Crippen molar-refractivity contribution in [3.8, 4) is 11.3 Å². The highest BCUT2D eigenvalue weighted by atomic mass is 32.1. The second-order valence-corrected chi connectivity index (χ2v) is 6.95. The molecule has 24 heavy (non-hydrogen) atoms. The number of carbonyl (C=O) groups excluding carboxylic acids is 1. The van der Waals surface area contributed by atoms with Gasteiger partial charge in [-0.2, -0.15) is 0 Å². The summed E-state index contributed by atoms with van der Waals surface area (Å²) in [6.45, 7) is 0.732. The molecule has 1 saturated heterocycles. The lowest BCUT2D eigenvalue weighted by Gasteiger charge is -2.23. The summed E-state index contributed by atoms with van der Waals surface area (Å²) in [4.78, 5) is 19.6. The van der Waals surface area contributed by atoms with Gasteiger partial charge in [0.2, 0.25) is 0 Å². The van der Waals surface area contributed by atoms with Crippen molar-refractivity contribution >= 4 is 27.5 Å². The molecule has 3 heterocycles. The summed E-state index contributed by atoms with van der Waals surface area (Å²) in [5.74, 6) is -0.00131. The predicted octanol–water partition coefficient (Wildman–Crippen LogP) is 3.56. The molecule has 1 N–H and O–H groups in total. The van der Waals surface area contributed by atoms with Crippen LogP contribution in [0.1, 0.15) is 23.2 Å². The lowest BCUT2D eigenvalue weighted by molar-refractivity contribution is 0.0680. The van der Waals surface area contributed by atoms with E-state index in [0.717, 1.165) is 34.3 Å². The molecule has 1 amide bonds. The van der Waals surface area contributed by atoms with E-state index in [0.29, 0.717) is 12.1 Å². The van der Waals surface area contributed by atoms with Crippen molar-refractivity contribution < 1.29 is 9.90 Å². The summed E-state index contributed by atoms with van der Waals surface area (Å²) in [6.07, 6.45) is 1.81. The smallest absolute Gasteiger partial charge is 0.255 e. The summed E-state index contributed by atoms with van der Waals surface area (Å²) < 4.78 is 0.920. The molecule has 4 nitrogen and oxygen atoms in total. The minimum atomic E-state index is -0.0687. The van der Waals surface area contributed by atoms with Gasteiger partial charge in [0.1, 0.15) is 0 Å². The number of carbonyl (C=O) groups is 1. The number of hydrogen-bond acceptors (Lipinski definition) is 4. The van der Waals surface area contributed by atoms with Crippen LogP contribution in [-0.4, -0.2) is 40.1 Å². The van der Waals surface area contributed by atoms with Crippen LogP contribution in [0.5, 0.6) is 0 Å². The van der Waals surface area contributed by atoms with Crippen LogP contribution in [0.15, 0.2) is 47.8 Å². The van der Waals surface area contributed by atoms with Crippen LogP contribution in [0, 0.1) is 0 Å². The Morgan fingerprint density at radius 2 is 2.12 bits per heavy atom. The molecule has 122 valence electrons. The van der Waals surface area contributed by atoms with Crippen LogP contribution in [0.3, 0.4) is 0 Å². The van der Waals surface area contributed by atoms with Crippen LogP contribution in [0.2, 0.25) is 0 Å². The third kappa shape index (κ3) is 2.60. The lowest BCUT2D eigenvalue weighted by Crippen LogP contribution is -2.37. The summed E-state index contributed by atoms with van der Waals surface area (Å²) in [5.41, 5.74) is 3.35. The number of amides is 1. The number of pyridine rings is 1. The Morgan fingerprint density at radius 3 is 2.92 bits per heavy atom. The molecule has 1 fully saturated rings. The summed E-state index contributed by atoms with van der Waals surface area (Å²) in [5, 5.41) is 11.5. The Hall–Kier alpha value is -2.24. The third-order valence-electron chi connectivity index (χ3n) is 4.56. The molecule has 0 bridgehead atoms. The standard InChI is InChI=1S/C19H18N2O2S/c22-12-14-7-4-9-21(14)19(23)15-11-17(13-5-2-1-3-6-13)20-16-8-10-24-18(15)16/h1-3,5-6,8,10-11,14,22H,4,7,9,12H2. The Balaban J connectivity index is 1.82. The Bertz CT molecular complexity index is 875. The first kappa shape index (κ1) is 15.3. The zero-order valence-electron chi connectivity index (χ0n) is 13.2. The highest BCUT2D eigenvalue weighted by molar-refractivity contribution is 7.17. The molecule has 4 rings (SSSR count). The van der Waals surface area contributed by atoms with Gasteiger partial charge in [0.05, 0.1) is 34.1 Å². The van der Waals surface area contributed by atoms with Crippen LogP contribution in [0.4, 0.5) is 0 Å². The van der Waals surface area contributed by atoms with Crippen molar-refractivity contribution in [2.75, 3.05) is 13.2 Å². The fourth-order valence-electron chi connectivity index (χ4n) is 3.32. The molecule has 5 heteroatoms. The average Bonchev–Trinajstić information content (AvgIpc) is 3.29. The first-order valence-corrected chi connectivity index (χ1v) is 9.01. The molecule has 0 aliphatic carbocycles. The van der Waals surface area contributed by atoms with Gasteiger partial charge in [0.15, 0.2) is 0 Å². The van der Waals surface area contributed by atoms with E-state index in [-0.39, 0.29) is 18.6 Å². The highest BCUT2D eigenvalue weighted by Gasteiger charge is 2.30. The number of aliphatic hydroxyl groups is 1. The van der Waals surface area contributed by atoms with Gasteiger partial charge in [0, 0.05) is 12.1 Å². The van der Waals surface area contributed by atoms with Crippen LogP contribution < -0.4 is 0 Å². The number of nitrogens with zero attached hydrogens (tertiary/aromatic N) is 2. The maximum atomic E-state index is 13.1. The monoisotopic (exact) mass is 338 g/mol. The topological polar surface area (TPSA) is 53.4 Å². The van der Waals surface area contributed by atoms with E-state index in [1.54, 1.807) is 11.3 Å². The molecule has 1 atom stereocenters. The van der Waals surface area contributed by atoms with Crippen LogP contribution in [0.25, 0.3) is 21.5 Å². The first-order chi connectivity index (χ1) is 11.8. The number of rotatable bonds is 3. The van der Waals surface area contributed by atoms with E-state index in [9.17, 15) is 9.90 Å². The molecule has 0 saturated carbocycles. The Kier molecular flexibility index (Phi) is 4.04. The second-order valence-electron chi connectivity index (χ2n) is 6.03. The number of thiophene rings is 1. The van der Waals surface area contributed by atoms with E-state index in [1.807, 2.05) is 52.7 Å².